The van der Waals surface area contributed by atoms with E-state index in [0.717, 1.165) is 28.1 Å². The van der Waals surface area contributed by atoms with Crippen molar-refractivity contribution in [2.75, 3.05) is 19.0 Å². The summed E-state index contributed by atoms with van der Waals surface area (Å²) in [7, 11) is 3.99. The first-order chi connectivity index (χ1) is 15.6. The lowest BCUT2D eigenvalue weighted by atomic mass is 9.99. The van der Waals surface area contributed by atoms with Crippen molar-refractivity contribution in [3.63, 3.8) is 0 Å². The molecule has 0 spiro atoms. The number of hydrogen-bond donors (Lipinski definition) is 0. The minimum Gasteiger partial charge on any atom is -0.378 e. The number of benzene rings is 3. The summed E-state index contributed by atoms with van der Waals surface area (Å²) in [6.07, 6.45) is 0. The zero-order valence-electron chi connectivity index (χ0n) is 17.9. The van der Waals surface area contributed by atoms with Crippen LogP contribution in [0.4, 0.5) is 10.1 Å². The second-order valence-corrected chi connectivity index (χ2v) is 8.50. The molecule has 0 radical (unpaired) electrons. The van der Waals surface area contributed by atoms with Crippen LogP contribution < -0.4 is 4.90 Å². The van der Waals surface area contributed by atoms with Gasteiger partial charge in [0.25, 0.3) is 0 Å². The number of halogens is 1. The number of pyridine rings is 1. The van der Waals surface area contributed by atoms with Gasteiger partial charge in [-0.15, -0.1) is 11.8 Å². The van der Waals surface area contributed by atoms with Gasteiger partial charge >= 0.3 is 0 Å². The fourth-order valence-corrected chi connectivity index (χ4v) is 4.41. The molecule has 0 fully saturated rings. The maximum Gasteiger partial charge on any atom is 0.127 e. The lowest BCUT2D eigenvalue weighted by molar-refractivity contribution is 0.617. The second kappa shape index (κ2) is 9.67. The van der Waals surface area contributed by atoms with Crippen molar-refractivity contribution < 1.29 is 4.39 Å². The monoisotopic (exact) mass is 439 g/mol. The molecule has 1 heterocycles. The Morgan fingerprint density at radius 1 is 0.906 bits per heavy atom. The molecule has 0 atom stereocenters. The van der Waals surface area contributed by atoms with E-state index in [1.807, 2.05) is 85.7 Å². The van der Waals surface area contributed by atoms with E-state index in [-0.39, 0.29) is 5.82 Å². The summed E-state index contributed by atoms with van der Waals surface area (Å²) in [5, 5.41) is 10.6. The normalized spacial score (nSPS) is 10.6. The Bertz CT molecular complexity index is 1260. The first-order valence-electron chi connectivity index (χ1n) is 10.2. The molecular formula is C27H22FN3S. The number of nitriles is 1. The number of hydrogen-bond acceptors (Lipinski definition) is 4. The molecule has 0 aliphatic carbocycles. The summed E-state index contributed by atoms with van der Waals surface area (Å²) >= 11 is 1.38. The highest BCUT2D eigenvalue weighted by Gasteiger charge is 2.17. The van der Waals surface area contributed by atoms with Gasteiger partial charge in [0.2, 0.25) is 0 Å². The zero-order valence-corrected chi connectivity index (χ0v) is 18.7. The average Bonchev–Trinajstić information content (AvgIpc) is 2.83. The average molecular weight is 440 g/mol. The van der Waals surface area contributed by atoms with Gasteiger partial charge < -0.3 is 4.90 Å². The molecule has 0 aliphatic rings. The van der Waals surface area contributed by atoms with Crippen LogP contribution in [-0.2, 0) is 5.75 Å². The van der Waals surface area contributed by atoms with Gasteiger partial charge in [0.05, 0.1) is 11.3 Å². The van der Waals surface area contributed by atoms with Gasteiger partial charge in [0, 0.05) is 36.7 Å². The Morgan fingerprint density at radius 2 is 1.59 bits per heavy atom. The fraction of sp³-hybridized carbons (Fsp3) is 0.111. The summed E-state index contributed by atoms with van der Waals surface area (Å²) in [6, 6.07) is 29.0. The van der Waals surface area contributed by atoms with Crippen molar-refractivity contribution in [3.05, 3.63) is 102 Å². The van der Waals surface area contributed by atoms with Gasteiger partial charge in [0.15, 0.2) is 0 Å². The van der Waals surface area contributed by atoms with E-state index in [2.05, 4.69) is 6.07 Å². The summed E-state index contributed by atoms with van der Waals surface area (Å²) in [4.78, 5) is 6.83. The van der Waals surface area contributed by atoms with Crippen LogP contribution in [0.1, 0.15) is 11.1 Å². The quantitative estimate of drug-likeness (QED) is 0.310. The van der Waals surface area contributed by atoms with Crippen molar-refractivity contribution in [2.24, 2.45) is 0 Å². The lowest BCUT2D eigenvalue weighted by Gasteiger charge is -2.15. The Morgan fingerprint density at radius 3 is 2.25 bits per heavy atom. The molecule has 4 aromatic rings. The highest BCUT2D eigenvalue weighted by molar-refractivity contribution is 7.98. The third kappa shape index (κ3) is 4.66. The van der Waals surface area contributed by atoms with Gasteiger partial charge in [0.1, 0.15) is 16.9 Å². The smallest absolute Gasteiger partial charge is 0.127 e. The highest BCUT2D eigenvalue weighted by Crippen LogP contribution is 2.36. The number of aromatic nitrogens is 1. The van der Waals surface area contributed by atoms with Gasteiger partial charge in [-0.05, 0) is 35.4 Å². The number of anilines is 1. The van der Waals surface area contributed by atoms with E-state index >= 15 is 0 Å². The Balaban J connectivity index is 1.81. The van der Waals surface area contributed by atoms with Crippen LogP contribution in [0, 0.1) is 17.1 Å². The number of rotatable bonds is 6. The first-order valence-corrected chi connectivity index (χ1v) is 11.2. The molecule has 158 valence electrons. The maximum absolute atomic E-state index is 14.2. The molecule has 5 heteroatoms. The van der Waals surface area contributed by atoms with Crippen molar-refractivity contribution >= 4 is 17.4 Å². The SMILES string of the molecule is CN(C)c1ccc(-c2cc(-c3ccccc3)nc(SCc3ccccc3F)c2C#N)cc1. The summed E-state index contributed by atoms with van der Waals surface area (Å²) in [5.74, 6) is 0.142. The Labute approximate surface area is 192 Å². The van der Waals surface area contributed by atoms with Crippen LogP contribution in [0.25, 0.3) is 22.4 Å². The predicted octanol–water partition coefficient (Wildman–Crippen LogP) is 6.78. The van der Waals surface area contributed by atoms with Crippen LogP contribution in [0.5, 0.6) is 0 Å². The molecule has 0 saturated heterocycles. The molecule has 3 nitrogen and oxygen atoms in total. The molecule has 0 saturated carbocycles. The molecule has 0 aliphatic heterocycles. The van der Waals surface area contributed by atoms with Crippen molar-refractivity contribution in [2.45, 2.75) is 10.8 Å². The van der Waals surface area contributed by atoms with Crippen LogP contribution >= 0.6 is 11.8 Å². The Kier molecular flexibility index (Phi) is 6.53. The summed E-state index contributed by atoms with van der Waals surface area (Å²) in [6.45, 7) is 0. The first kappa shape index (κ1) is 21.6. The summed E-state index contributed by atoms with van der Waals surface area (Å²) < 4.78 is 14.2. The van der Waals surface area contributed by atoms with Gasteiger partial charge in [-0.3, -0.25) is 0 Å². The topological polar surface area (TPSA) is 39.9 Å². The fourth-order valence-electron chi connectivity index (χ4n) is 3.42. The van der Waals surface area contributed by atoms with E-state index in [1.165, 1.54) is 17.8 Å². The molecule has 0 N–H and O–H groups in total. The standard InChI is InChI=1S/C27H22FN3S/c1-31(2)22-14-12-19(13-15-22)23-16-26(20-8-4-3-5-9-20)30-27(24(23)17-29)32-18-21-10-6-7-11-25(21)28/h3-16H,18H2,1-2H3. The van der Waals surface area contributed by atoms with Crippen LogP contribution in [0.15, 0.2) is 90.0 Å². The molecule has 1 aromatic heterocycles. The van der Waals surface area contributed by atoms with E-state index in [9.17, 15) is 9.65 Å². The molecule has 4 rings (SSSR count). The molecular weight excluding hydrogens is 417 g/mol. The lowest BCUT2D eigenvalue weighted by Crippen LogP contribution is -2.08. The van der Waals surface area contributed by atoms with Crippen LogP contribution in [-0.4, -0.2) is 19.1 Å². The third-order valence-electron chi connectivity index (χ3n) is 5.18. The molecule has 0 bridgehead atoms. The van der Waals surface area contributed by atoms with E-state index in [0.29, 0.717) is 21.9 Å². The highest BCUT2D eigenvalue weighted by atomic mass is 32.2. The van der Waals surface area contributed by atoms with Gasteiger partial charge in [-0.25, -0.2) is 9.37 Å². The van der Waals surface area contributed by atoms with Gasteiger partial charge in [-0.2, -0.15) is 5.26 Å². The Hall–Kier alpha value is -3.62. The predicted molar refractivity (Wildman–Crippen MR) is 130 cm³/mol. The minimum atomic E-state index is -0.253. The molecule has 0 unspecified atom stereocenters. The maximum atomic E-state index is 14.2. The molecule has 32 heavy (non-hydrogen) atoms. The number of thioether (sulfide) groups is 1. The van der Waals surface area contributed by atoms with Crippen LogP contribution in [0.2, 0.25) is 0 Å². The van der Waals surface area contributed by atoms with Crippen molar-refractivity contribution in [1.29, 1.82) is 5.26 Å². The second-order valence-electron chi connectivity index (χ2n) is 7.53. The number of nitrogens with zero attached hydrogens (tertiary/aromatic N) is 3. The largest absolute Gasteiger partial charge is 0.378 e. The zero-order chi connectivity index (χ0) is 22.5. The third-order valence-corrected chi connectivity index (χ3v) is 6.21. The molecule has 3 aromatic carbocycles. The van der Waals surface area contributed by atoms with Gasteiger partial charge in [-0.1, -0.05) is 60.7 Å². The van der Waals surface area contributed by atoms with Crippen molar-refractivity contribution in [3.8, 4) is 28.5 Å². The van der Waals surface area contributed by atoms with E-state index < -0.39 is 0 Å². The molecule has 0 amide bonds. The van der Waals surface area contributed by atoms with Crippen molar-refractivity contribution in [1.82, 2.24) is 4.98 Å². The minimum absolute atomic E-state index is 0.253. The van der Waals surface area contributed by atoms with E-state index in [1.54, 1.807) is 12.1 Å². The van der Waals surface area contributed by atoms with E-state index in [4.69, 9.17) is 4.98 Å². The van der Waals surface area contributed by atoms with Crippen LogP contribution in [0.3, 0.4) is 0 Å². The summed E-state index contributed by atoms with van der Waals surface area (Å²) in [5.41, 5.74) is 5.69.